The standard InChI is InChI=1S/C43H52Cl2N6O7.ClH/c1-50(2)23-7-22-46-41(53)34-27-31(13-18-37(34)56-3)48-43(55)36-28-32(14-19-39(36)58-5)49-42(54)35-26-30(12-17-38(35)57-4)47-40(52)9-6-8-29-10-15-33(16-11-29)51(24-20-44)25-21-45;/h10-19,26-28H,6-9,20-25H2,1-5H3,(H,46,53)(H,47,52)(H,48,55)(H,49,54);1H. The smallest absolute Gasteiger partial charge is 0.259 e. The van der Waals surface area contributed by atoms with Crippen LogP contribution in [0.1, 0.15) is 55.9 Å². The summed E-state index contributed by atoms with van der Waals surface area (Å²) in [6.07, 6.45) is 2.42. The maximum Gasteiger partial charge on any atom is 0.259 e. The number of rotatable bonds is 22. The molecule has 0 aliphatic carbocycles. The van der Waals surface area contributed by atoms with Crippen LogP contribution in [0.25, 0.3) is 0 Å². The van der Waals surface area contributed by atoms with Gasteiger partial charge in [-0.05, 0) is 85.1 Å². The van der Waals surface area contributed by atoms with Gasteiger partial charge in [0, 0.05) is 67.0 Å². The zero-order valence-corrected chi connectivity index (χ0v) is 36.3. The SMILES string of the molecule is COc1ccc(NC(=O)c2cc(NC(=O)c3cc(NC(=O)CCCc4ccc(N(CCCl)CCCl)cc4)ccc3OC)ccc2OC)cc1C(=O)NCCC[NH+](C)C.[Cl-]. The van der Waals surface area contributed by atoms with E-state index < -0.39 is 11.8 Å². The molecule has 16 heteroatoms. The van der Waals surface area contributed by atoms with Gasteiger partial charge in [0.15, 0.2) is 0 Å². The van der Waals surface area contributed by atoms with Crippen molar-refractivity contribution >= 4 is 69.6 Å². The molecule has 13 nitrogen and oxygen atoms in total. The van der Waals surface area contributed by atoms with Gasteiger partial charge in [-0.2, -0.15) is 0 Å². The van der Waals surface area contributed by atoms with Crippen molar-refractivity contribution in [1.29, 1.82) is 0 Å². The summed E-state index contributed by atoms with van der Waals surface area (Å²) in [6.45, 7) is 2.81. The molecule has 0 fully saturated rings. The number of hydrogen-bond acceptors (Lipinski definition) is 8. The summed E-state index contributed by atoms with van der Waals surface area (Å²) in [4.78, 5) is 56.5. The molecule has 0 bridgehead atoms. The first-order valence-corrected chi connectivity index (χ1v) is 20.1. The Morgan fingerprint density at radius 1 is 0.627 bits per heavy atom. The van der Waals surface area contributed by atoms with Gasteiger partial charge in [0.05, 0.1) is 58.7 Å². The minimum absolute atomic E-state index is 0. The van der Waals surface area contributed by atoms with Crippen LogP contribution in [-0.2, 0) is 11.2 Å². The summed E-state index contributed by atoms with van der Waals surface area (Å²) in [7, 11) is 8.44. The number of aryl methyl sites for hydroxylation is 1. The van der Waals surface area contributed by atoms with Crippen molar-refractivity contribution in [3.05, 3.63) is 101 Å². The second kappa shape index (κ2) is 24.7. The molecule has 4 aromatic carbocycles. The number of hydrogen-bond donors (Lipinski definition) is 5. The Balaban J connectivity index is 0.00000930. The maximum atomic E-state index is 13.6. The highest BCUT2D eigenvalue weighted by atomic mass is 35.5. The molecule has 59 heavy (non-hydrogen) atoms. The summed E-state index contributed by atoms with van der Waals surface area (Å²) in [5.74, 6) is 0.357. The quantitative estimate of drug-likeness (QED) is 0.0598. The van der Waals surface area contributed by atoms with Crippen LogP contribution in [0, 0.1) is 0 Å². The number of quaternary nitrogens is 1. The monoisotopic (exact) mass is 870 g/mol. The molecule has 0 aliphatic heterocycles. The number of nitrogens with one attached hydrogen (secondary N) is 5. The molecule has 0 aromatic heterocycles. The fraction of sp³-hybridized carbons (Fsp3) is 0.349. The number of halogens is 3. The third-order valence-electron chi connectivity index (χ3n) is 9.15. The van der Waals surface area contributed by atoms with Crippen LogP contribution in [-0.4, -0.2) is 97.0 Å². The highest BCUT2D eigenvalue weighted by molar-refractivity contribution is 6.18. The van der Waals surface area contributed by atoms with Gasteiger partial charge in [0.25, 0.3) is 17.7 Å². The second-order valence-electron chi connectivity index (χ2n) is 13.7. The van der Waals surface area contributed by atoms with Crippen LogP contribution in [0.2, 0.25) is 0 Å². The van der Waals surface area contributed by atoms with Crippen molar-refractivity contribution in [3.8, 4) is 17.2 Å². The molecule has 0 heterocycles. The third-order valence-corrected chi connectivity index (χ3v) is 9.49. The lowest BCUT2D eigenvalue weighted by Gasteiger charge is -2.23. The summed E-state index contributed by atoms with van der Waals surface area (Å²) in [5.41, 5.74) is 3.83. The van der Waals surface area contributed by atoms with E-state index in [4.69, 9.17) is 37.4 Å². The minimum Gasteiger partial charge on any atom is -1.00 e. The molecule has 0 atom stereocenters. The maximum absolute atomic E-state index is 13.6. The highest BCUT2D eigenvalue weighted by Crippen LogP contribution is 2.29. The van der Waals surface area contributed by atoms with Gasteiger partial charge in [-0.15, -0.1) is 23.2 Å². The first-order chi connectivity index (χ1) is 28.0. The van der Waals surface area contributed by atoms with E-state index in [1.165, 1.54) is 38.4 Å². The van der Waals surface area contributed by atoms with Gasteiger partial charge in [-0.25, -0.2) is 0 Å². The van der Waals surface area contributed by atoms with E-state index in [9.17, 15) is 19.2 Å². The molecular weight excluding hydrogens is 819 g/mol. The van der Waals surface area contributed by atoms with E-state index in [2.05, 4.69) is 26.2 Å². The van der Waals surface area contributed by atoms with Crippen molar-refractivity contribution in [1.82, 2.24) is 5.32 Å². The average molecular weight is 872 g/mol. The molecule has 0 saturated carbocycles. The number of anilines is 4. The Morgan fingerprint density at radius 2 is 1.08 bits per heavy atom. The predicted octanol–water partition coefficient (Wildman–Crippen LogP) is 2.73. The second-order valence-corrected chi connectivity index (χ2v) is 14.4. The lowest BCUT2D eigenvalue weighted by molar-refractivity contribution is -0.858. The molecule has 4 aromatic rings. The normalized spacial score (nSPS) is 10.6. The molecule has 0 unspecified atom stereocenters. The van der Waals surface area contributed by atoms with Crippen LogP contribution in [0.3, 0.4) is 0 Å². The number of carbonyl (C=O) groups is 4. The van der Waals surface area contributed by atoms with E-state index in [-0.39, 0.29) is 53.1 Å². The summed E-state index contributed by atoms with van der Waals surface area (Å²) in [6, 6.07) is 22.4. The zero-order valence-electron chi connectivity index (χ0n) is 34.0. The van der Waals surface area contributed by atoms with Crippen molar-refractivity contribution in [2.45, 2.75) is 25.7 Å². The Bertz CT molecular complexity index is 2010. The van der Waals surface area contributed by atoms with E-state index in [1.807, 2.05) is 38.4 Å². The number of alkyl halides is 2. The van der Waals surface area contributed by atoms with Crippen molar-refractivity contribution in [3.63, 3.8) is 0 Å². The number of carbonyl (C=O) groups excluding carboxylic acids is 4. The summed E-state index contributed by atoms with van der Waals surface area (Å²) < 4.78 is 16.3. The molecule has 4 amide bonds. The van der Waals surface area contributed by atoms with Crippen LogP contribution in [0.5, 0.6) is 17.2 Å². The molecule has 5 N–H and O–H groups in total. The van der Waals surface area contributed by atoms with Gasteiger partial charge in [-0.3, -0.25) is 19.2 Å². The minimum atomic E-state index is -0.533. The van der Waals surface area contributed by atoms with E-state index in [0.717, 1.165) is 24.2 Å². The van der Waals surface area contributed by atoms with Crippen LogP contribution in [0.4, 0.5) is 22.7 Å². The fourth-order valence-corrected chi connectivity index (χ4v) is 6.56. The van der Waals surface area contributed by atoms with Gasteiger partial charge in [-0.1, -0.05) is 12.1 Å². The Labute approximate surface area is 362 Å². The highest BCUT2D eigenvalue weighted by Gasteiger charge is 2.20. The molecule has 4 rings (SSSR count). The van der Waals surface area contributed by atoms with Crippen LogP contribution in [0.15, 0.2) is 78.9 Å². The molecule has 318 valence electrons. The predicted molar refractivity (Wildman–Crippen MR) is 231 cm³/mol. The van der Waals surface area contributed by atoms with Gasteiger partial charge in [0.1, 0.15) is 17.2 Å². The van der Waals surface area contributed by atoms with Crippen molar-refractivity contribution in [2.24, 2.45) is 0 Å². The first-order valence-electron chi connectivity index (χ1n) is 19.0. The molecule has 0 radical (unpaired) electrons. The van der Waals surface area contributed by atoms with E-state index >= 15 is 0 Å². The summed E-state index contributed by atoms with van der Waals surface area (Å²) in [5, 5.41) is 11.4. The molecule has 0 saturated heterocycles. The average Bonchev–Trinajstić information content (AvgIpc) is 3.22. The number of nitrogens with zero attached hydrogens (tertiary/aromatic N) is 1. The molecule has 0 aliphatic rings. The van der Waals surface area contributed by atoms with E-state index in [1.54, 1.807) is 42.5 Å². The lowest BCUT2D eigenvalue weighted by Crippen LogP contribution is -3.05. The van der Waals surface area contributed by atoms with Gasteiger partial charge < -0.3 is 57.7 Å². The van der Waals surface area contributed by atoms with E-state index in [0.29, 0.717) is 72.8 Å². The summed E-state index contributed by atoms with van der Waals surface area (Å²) >= 11 is 11.9. The largest absolute Gasteiger partial charge is 1.00 e. The number of methoxy groups -OCH3 is 3. The fourth-order valence-electron chi connectivity index (χ4n) is 6.15. The first kappa shape index (κ1) is 48.2. The zero-order chi connectivity index (χ0) is 42.0. The number of ether oxygens (including phenoxy) is 3. The third kappa shape index (κ3) is 14.5. The van der Waals surface area contributed by atoms with Crippen LogP contribution >= 0.6 is 23.2 Å². The topological polar surface area (TPSA) is 152 Å². The molecular formula is C43H53Cl3N6O7. The van der Waals surface area contributed by atoms with Crippen molar-refractivity contribution < 1.29 is 50.7 Å². The lowest BCUT2D eigenvalue weighted by atomic mass is 10.1. The Morgan fingerprint density at radius 3 is 1.53 bits per heavy atom. The van der Waals surface area contributed by atoms with Crippen LogP contribution < -0.4 is 57.7 Å². The van der Waals surface area contributed by atoms with Gasteiger partial charge in [0.2, 0.25) is 5.91 Å². The molecule has 0 spiro atoms. The van der Waals surface area contributed by atoms with Gasteiger partial charge >= 0.3 is 0 Å². The number of amides is 4. The Kier molecular flexibility index (Phi) is 20.1. The Hall–Kier alpha value is -5.21. The number of benzene rings is 4. The van der Waals surface area contributed by atoms with Crippen molar-refractivity contribution in [2.75, 3.05) is 94.2 Å².